The SMILES string of the molecule is Cc1cc(Cl)ccc1CN1CCC(N(C)CC(=O)O)CC1. The molecule has 1 saturated heterocycles. The molecule has 0 radical (unpaired) electrons. The van der Waals surface area contributed by atoms with Crippen molar-refractivity contribution in [2.45, 2.75) is 32.4 Å². The average Bonchev–Trinajstić information content (AvgIpc) is 2.42. The van der Waals surface area contributed by atoms with Gasteiger partial charge >= 0.3 is 5.97 Å². The van der Waals surface area contributed by atoms with Gasteiger partial charge in [0.15, 0.2) is 0 Å². The van der Waals surface area contributed by atoms with Crippen LogP contribution in [0.2, 0.25) is 5.02 Å². The Kier molecular flexibility index (Phi) is 5.62. The van der Waals surface area contributed by atoms with Gasteiger partial charge in [-0.1, -0.05) is 17.7 Å². The lowest BCUT2D eigenvalue weighted by Gasteiger charge is -2.36. The summed E-state index contributed by atoms with van der Waals surface area (Å²) in [5.74, 6) is -0.753. The van der Waals surface area contributed by atoms with Crippen molar-refractivity contribution in [1.82, 2.24) is 9.80 Å². The van der Waals surface area contributed by atoms with Crippen LogP contribution in [-0.4, -0.2) is 53.6 Å². The molecule has 5 heteroatoms. The number of hydrogen-bond acceptors (Lipinski definition) is 3. The fourth-order valence-corrected chi connectivity index (χ4v) is 3.16. The van der Waals surface area contributed by atoms with E-state index in [1.54, 1.807) is 0 Å². The molecular formula is C16H23ClN2O2. The number of halogens is 1. The van der Waals surface area contributed by atoms with Crippen LogP contribution in [0.4, 0.5) is 0 Å². The van der Waals surface area contributed by atoms with E-state index in [9.17, 15) is 4.79 Å². The zero-order chi connectivity index (χ0) is 15.4. The molecular weight excluding hydrogens is 288 g/mol. The lowest BCUT2D eigenvalue weighted by Crippen LogP contribution is -2.44. The fourth-order valence-electron chi connectivity index (χ4n) is 2.94. The molecule has 1 aromatic rings. The number of likely N-dealkylation sites (N-methyl/N-ethyl adjacent to an activating group) is 1. The maximum Gasteiger partial charge on any atom is 0.317 e. The first-order chi connectivity index (χ1) is 9.95. The number of nitrogens with zero attached hydrogens (tertiary/aromatic N) is 2. The summed E-state index contributed by atoms with van der Waals surface area (Å²) in [5, 5.41) is 9.63. The van der Waals surface area contributed by atoms with Crippen molar-refractivity contribution >= 4 is 17.6 Å². The Hall–Kier alpha value is -1.10. The van der Waals surface area contributed by atoms with Crippen LogP contribution < -0.4 is 0 Å². The van der Waals surface area contributed by atoms with Crippen molar-refractivity contribution in [2.75, 3.05) is 26.7 Å². The molecule has 1 N–H and O–H groups in total. The second-order valence-electron chi connectivity index (χ2n) is 5.89. The molecule has 21 heavy (non-hydrogen) atoms. The van der Waals surface area contributed by atoms with Crippen molar-refractivity contribution in [3.05, 3.63) is 34.3 Å². The van der Waals surface area contributed by atoms with E-state index >= 15 is 0 Å². The van der Waals surface area contributed by atoms with Crippen LogP contribution >= 0.6 is 11.6 Å². The van der Waals surface area contributed by atoms with E-state index in [1.807, 2.05) is 24.1 Å². The molecule has 1 heterocycles. The van der Waals surface area contributed by atoms with Gasteiger partial charge in [0.05, 0.1) is 6.54 Å². The number of aryl methyl sites for hydroxylation is 1. The largest absolute Gasteiger partial charge is 0.480 e. The van der Waals surface area contributed by atoms with Crippen LogP contribution in [0.15, 0.2) is 18.2 Å². The number of aliphatic carboxylic acids is 1. The topological polar surface area (TPSA) is 43.8 Å². The van der Waals surface area contributed by atoms with Gasteiger partial charge in [-0.3, -0.25) is 14.6 Å². The van der Waals surface area contributed by atoms with Gasteiger partial charge < -0.3 is 5.11 Å². The number of benzene rings is 1. The first kappa shape index (κ1) is 16.3. The molecule has 116 valence electrons. The lowest BCUT2D eigenvalue weighted by molar-refractivity contribution is -0.138. The number of piperidine rings is 1. The van der Waals surface area contributed by atoms with E-state index in [4.69, 9.17) is 16.7 Å². The maximum absolute atomic E-state index is 10.8. The molecule has 0 saturated carbocycles. The second-order valence-corrected chi connectivity index (χ2v) is 6.32. The van der Waals surface area contributed by atoms with Gasteiger partial charge in [-0.15, -0.1) is 0 Å². The van der Waals surface area contributed by atoms with Crippen LogP contribution in [-0.2, 0) is 11.3 Å². The molecule has 0 amide bonds. The van der Waals surface area contributed by atoms with E-state index in [0.29, 0.717) is 6.04 Å². The van der Waals surface area contributed by atoms with E-state index in [0.717, 1.165) is 37.5 Å². The minimum atomic E-state index is -0.753. The Morgan fingerprint density at radius 1 is 1.43 bits per heavy atom. The number of hydrogen-bond donors (Lipinski definition) is 1. The summed E-state index contributed by atoms with van der Waals surface area (Å²) in [6.07, 6.45) is 2.05. The number of carboxylic acids is 1. The highest BCUT2D eigenvalue weighted by atomic mass is 35.5. The molecule has 1 aromatic carbocycles. The molecule has 0 bridgehead atoms. The monoisotopic (exact) mass is 310 g/mol. The van der Waals surface area contributed by atoms with Gasteiger partial charge in [0.25, 0.3) is 0 Å². The molecule has 0 atom stereocenters. The summed E-state index contributed by atoms with van der Waals surface area (Å²) in [7, 11) is 1.90. The lowest BCUT2D eigenvalue weighted by atomic mass is 10.0. The molecule has 1 aliphatic heterocycles. The fraction of sp³-hybridized carbons (Fsp3) is 0.562. The van der Waals surface area contributed by atoms with Crippen molar-refractivity contribution in [3.8, 4) is 0 Å². The van der Waals surface area contributed by atoms with E-state index in [2.05, 4.69) is 17.9 Å². The minimum Gasteiger partial charge on any atom is -0.480 e. The summed E-state index contributed by atoms with van der Waals surface area (Å²) < 4.78 is 0. The summed E-state index contributed by atoms with van der Waals surface area (Å²) in [5.41, 5.74) is 2.55. The Morgan fingerprint density at radius 3 is 2.67 bits per heavy atom. The third-order valence-electron chi connectivity index (χ3n) is 4.26. The Labute approximate surface area is 131 Å². The van der Waals surface area contributed by atoms with Crippen molar-refractivity contribution < 1.29 is 9.90 Å². The minimum absolute atomic E-state index is 0.126. The molecule has 0 unspecified atom stereocenters. The van der Waals surface area contributed by atoms with Crippen LogP contribution in [0.3, 0.4) is 0 Å². The predicted molar refractivity (Wildman–Crippen MR) is 84.8 cm³/mol. The molecule has 0 aliphatic carbocycles. The first-order valence-electron chi connectivity index (χ1n) is 7.35. The number of rotatable bonds is 5. The van der Waals surface area contributed by atoms with Crippen molar-refractivity contribution in [2.24, 2.45) is 0 Å². The number of carbonyl (C=O) groups is 1. The van der Waals surface area contributed by atoms with Gasteiger partial charge in [0.2, 0.25) is 0 Å². The summed E-state index contributed by atoms with van der Waals surface area (Å²) in [4.78, 5) is 15.1. The van der Waals surface area contributed by atoms with Gasteiger partial charge in [-0.05, 0) is 63.2 Å². The zero-order valence-corrected chi connectivity index (χ0v) is 13.4. The van der Waals surface area contributed by atoms with Gasteiger partial charge in [0.1, 0.15) is 0 Å². The molecule has 0 aromatic heterocycles. The third kappa shape index (κ3) is 4.70. The first-order valence-corrected chi connectivity index (χ1v) is 7.73. The molecule has 4 nitrogen and oxygen atoms in total. The number of carboxylic acid groups (broad SMARTS) is 1. The zero-order valence-electron chi connectivity index (χ0n) is 12.7. The van der Waals surface area contributed by atoms with Crippen LogP contribution in [0, 0.1) is 6.92 Å². The smallest absolute Gasteiger partial charge is 0.317 e. The standard InChI is InChI=1S/C16H23ClN2O2/c1-12-9-14(17)4-3-13(12)10-19-7-5-15(6-8-19)18(2)11-16(20)21/h3-4,9,15H,5-8,10-11H2,1-2H3,(H,20,21). The van der Waals surface area contributed by atoms with Crippen LogP contribution in [0.25, 0.3) is 0 Å². The highest BCUT2D eigenvalue weighted by Crippen LogP contribution is 2.20. The van der Waals surface area contributed by atoms with Gasteiger partial charge in [0, 0.05) is 17.6 Å². The third-order valence-corrected chi connectivity index (χ3v) is 4.50. The summed E-state index contributed by atoms with van der Waals surface area (Å²) >= 11 is 5.99. The molecule has 0 spiro atoms. The highest BCUT2D eigenvalue weighted by molar-refractivity contribution is 6.30. The Morgan fingerprint density at radius 2 is 2.10 bits per heavy atom. The van der Waals surface area contributed by atoms with Gasteiger partial charge in [-0.2, -0.15) is 0 Å². The summed E-state index contributed by atoms with van der Waals surface area (Å²) in [6, 6.07) is 6.42. The van der Waals surface area contributed by atoms with Crippen LogP contribution in [0.5, 0.6) is 0 Å². The predicted octanol–water partition coefficient (Wildman–Crippen LogP) is 2.63. The maximum atomic E-state index is 10.8. The van der Waals surface area contributed by atoms with Crippen molar-refractivity contribution in [3.63, 3.8) is 0 Å². The normalized spacial score (nSPS) is 17.3. The van der Waals surface area contributed by atoms with Crippen molar-refractivity contribution in [1.29, 1.82) is 0 Å². The van der Waals surface area contributed by atoms with E-state index in [-0.39, 0.29) is 6.54 Å². The van der Waals surface area contributed by atoms with Crippen LogP contribution in [0.1, 0.15) is 24.0 Å². The molecule has 2 rings (SSSR count). The second kappa shape index (κ2) is 7.25. The molecule has 1 aliphatic rings. The Bertz CT molecular complexity index is 499. The molecule has 1 fully saturated rings. The summed E-state index contributed by atoms with van der Waals surface area (Å²) in [6.45, 7) is 5.18. The Balaban J connectivity index is 1.85. The highest BCUT2D eigenvalue weighted by Gasteiger charge is 2.23. The van der Waals surface area contributed by atoms with E-state index in [1.165, 1.54) is 11.1 Å². The quantitative estimate of drug-likeness (QED) is 0.908. The number of likely N-dealkylation sites (tertiary alicyclic amines) is 1. The van der Waals surface area contributed by atoms with Gasteiger partial charge in [-0.25, -0.2) is 0 Å². The average molecular weight is 311 g/mol. The van der Waals surface area contributed by atoms with E-state index < -0.39 is 5.97 Å².